The zero-order chi connectivity index (χ0) is 25.1. The minimum atomic E-state index is -4.85. The van der Waals surface area contributed by atoms with Crippen LogP contribution in [0, 0.1) is 9.39 Å². The van der Waals surface area contributed by atoms with Crippen LogP contribution in [-0.4, -0.2) is 43.3 Å². The van der Waals surface area contributed by atoms with E-state index >= 15 is 4.39 Å². The smallest absolute Gasteiger partial charge is 0.420 e. The molecule has 0 amide bonds. The second-order valence-electron chi connectivity index (χ2n) is 8.89. The number of aliphatic carboxylic acids is 1. The number of benzene rings is 2. The van der Waals surface area contributed by atoms with Crippen molar-refractivity contribution in [1.82, 2.24) is 0 Å². The zero-order valence-corrected chi connectivity index (χ0v) is 20.7. The first-order valence-corrected chi connectivity index (χ1v) is 12.3. The topological polar surface area (TPSA) is 47.0 Å². The average molecular weight is 599 g/mol. The van der Waals surface area contributed by atoms with Crippen LogP contribution >= 0.6 is 22.6 Å². The van der Waals surface area contributed by atoms with Crippen molar-refractivity contribution < 1.29 is 27.5 Å². The van der Waals surface area contributed by atoms with E-state index in [0.29, 0.717) is 25.9 Å². The third-order valence-corrected chi connectivity index (χ3v) is 7.36. The summed E-state index contributed by atoms with van der Waals surface area (Å²) in [7, 11) is 0. The number of alkyl halides is 3. The first-order valence-electron chi connectivity index (χ1n) is 11.2. The third-order valence-electron chi connectivity index (χ3n) is 6.64. The number of piperazine rings is 1. The standard InChI is InChI=1S/C25H22F4IN3O2/c1-14-18-12-20(26)23(32-10-8-31(9-11-32)16-4-2-15(30)3-5-16)21(25(27,28)29)22(18)33(17-6-7-17)13-19(14)24(34)35/h2-5,12-13,17H,1,6-11H2,(H,34,35). The maximum absolute atomic E-state index is 15.5. The molecule has 5 rings (SSSR count). The van der Waals surface area contributed by atoms with Gasteiger partial charge in [-0.05, 0) is 71.3 Å². The van der Waals surface area contributed by atoms with Gasteiger partial charge in [-0.15, -0.1) is 0 Å². The number of rotatable bonds is 4. The van der Waals surface area contributed by atoms with Crippen molar-refractivity contribution in [3.05, 3.63) is 69.2 Å². The Bertz CT molecular complexity index is 1230. The van der Waals surface area contributed by atoms with Gasteiger partial charge in [0, 0.05) is 53.2 Å². The van der Waals surface area contributed by atoms with Crippen LogP contribution < -0.4 is 14.7 Å². The van der Waals surface area contributed by atoms with Crippen LogP contribution in [0.1, 0.15) is 24.0 Å². The highest BCUT2D eigenvalue weighted by molar-refractivity contribution is 14.1. The first kappa shape index (κ1) is 24.0. The molecule has 2 fully saturated rings. The van der Waals surface area contributed by atoms with Gasteiger partial charge in [-0.2, -0.15) is 13.2 Å². The van der Waals surface area contributed by atoms with E-state index in [1.165, 1.54) is 16.0 Å². The van der Waals surface area contributed by atoms with E-state index < -0.39 is 29.2 Å². The van der Waals surface area contributed by atoms with Gasteiger partial charge in [0.25, 0.3) is 0 Å². The number of carbonyl (C=O) groups is 1. The highest BCUT2D eigenvalue weighted by Crippen LogP contribution is 2.52. The molecule has 184 valence electrons. The molecule has 1 saturated heterocycles. The van der Waals surface area contributed by atoms with Crippen molar-refractivity contribution in [1.29, 1.82) is 0 Å². The Hall–Kier alpha value is -2.76. The molecule has 5 nitrogen and oxygen atoms in total. The largest absolute Gasteiger partial charge is 0.478 e. The lowest BCUT2D eigenvalue weighted by Gasteiger charge is -2.40. The molecule has 10 heteroatoms. The number of hydrogen-bond donors (Lipinski definition) is 1. The van der Waals surface area contributed by atoms with Gasteiger partial charge in [-0.1, -0.05) is 6.58 Å². The van der Waals surface area contributed by atoms with Crippen LogP contribution in [0.5, 0.6) is 0 Å². The Balaban J connectivity index is 1.57. The number of fused-ring (bicyclic) bond motifs is 1. The normalized spacial score (nSPS) is 18.5. The van der Waals surface area contributed by atoms with E-state index in [1.807, 2.05) is 24.3 Å². The summed E-state index contributed by atoms with van der Waals surface area (Å²) in [6.07, 6.45) is -2.37. The predicted octanol–water partition coefficient (Wildman–Crippen LogP) is 5.74. The molecule has 1 saturated carbocycles. The van der Waals surface area contributed by atoms with Crippen molar-refractivity contribution in [2.24, 2.45) is 0 Å². The Morgan fingerprint density at radius 1 is 1.03 bits per heavy atom. The summed E-state index contributed by atoms with van der Waals surface area (Å²) < 4.78 is 60.3. The summed E-state index contributed by atoms with van der Waals surface area (Å²) >= 11 is 2.20. The van der Waals surface area contributed by atoms with E-state index in [2.05, 4.69) is 34.1 Å². The molecule has 0 spiro atoms. The van der Waals surface area contributed by atoms with Crippen molar-refractivity contribution in [3.63, 3.8) is 0 Å². The Labute approximate surface area is 213 Å². The summed E-state index contributed by atoms with van der Waals surface area (Å²) in [6.45, 7) is 5.01. The van der Waals surface area contributed by atoms with Crippen molar-refractivity contribution in [2.45, 2.75) is 25.1 Å². The first-order chi connectivity index (χ1) is 16.6. The van der Waals surface area contributed by atoms with Gasteiger partial charge in [-0.25, -0.2) is 9.18 Å². The van der Waals surface area contributed by atoms with Crippen LogP contribution in [0.15, 0.2) is 48.7 Å². The summed E-state index contributed by atoms with van der Waals surface area (Å²) in [5.41, 5.74) is -1.25. The number of anilines is 3. The number of nitrogens with zero attached hydrogens (tertiary/aromatic N) is 3. The lowest BCUT2D eigenvalue weighted by molar-refractivity contribution is -0.136. The molecular formula is C25H22F4IN3O2. The molecule has 0 aromatic heterocycles. The zero-order valence-electron chi connectivity index (χ0n) is 18.6. The van der Waals surface area contributed by atoms with E-state index in [9.17, 15) is 23.1 Å². The fourth-order valence-corrected chi connectivity index (χ4v) is 5.16. The molecule has 35 heavy (non-hydrogen) atoms. The van der Waals surface area contributed by atoms with E-state index in [4.69, 9.17) is 0 Å². The molecule has 1 aliphatic carbocycles. The Morgan fingerprint density at radius 3 is 2.17 bits per heavy atom. The number of carboxylic acids is 1. The number of halogens is 5. The van der Waals surface area contributed by atoms with Crippen LogP contribution in [-0.2, 0) is 11.0 Å². The maximum atomic E-state index is 15.5. The van der Waals surface area contributed by atoms with Gasteiger partial charge >= 0.3 is 12.1 Å². The minimum absolute atomic E-state index is 0.121. The average Bonchev–Trinajstić information content (AvgIpc) is 3.64. The van der Waals surface area contributed by atoms with E-state index in [0.717, 1.165) is 15.3 Å². The van der Waals surface area contributed by atoms with Gasteiger partial charge in [-0.3, -0.25) is 0 Å². The second-order valence-corrected chi connectivity index (χ2v) is 10.1. The quantitative estimate of drug-likeness (QED) is 0.359. The van der Waals surface area contributed by atoms with Crippen LogP contribution in [0.2, 0.25) is 0 Å². The van der Waals surface area contributed by atoms with Crippen molar-refractivity contribution in [3.8, 4) is 0 Å². The molecule has 2 heterocycles. The Kier molecular flexibility index (Phi) is 5.97. The molecule has 0 bridgehead atoms. The van der Waals surface area contributed by atoms with Gasteiger partial charge < -0.3 is 19.8 Å². The SMILES string of the molecule is C=C1C(C(=O)O)=CN(C2CC2)c2c1cc(F)c(N1CCN(c3ccc(I)cc3)CC1)c2C(F)(F)F. The lowest BCUT2D eigenvalue weighted by atomic mass is 9.90. The van der Waals surface area contributed by atoms with Crippen molar-refractivity contribution >= 4 is 51.2 Å². The monoisotopic (exact) mass is 599 g/mol. The highest BCUT2D eigenvalue weighted by Gasteiger charge is 2.46. The maximum Gasteiger partial charge on any atom is 0.420 e. The van der Waals surface area contributed by atoms with Gasteiger partial charge in [0.15, 0.2) is 0 Å². The van der Waals surface area contributed by atoms with Gasteiger partial charge in [0.1, 0.15) is 11.4 Å². The number of carboxylic acid groups (broad SMARTS) is 1. The number of hydrogen-bond acceptors (Lipinski definition) is 4. The van der Waals surface area contributed by atoms with Crippen LogP contribution in [0.3, 0.4) is 0 Å². The molecular weight excluding hydrogens is 577 g/mol. The van der Waals surface area contributed by atoms with E-state index in [1.54, 1.807) is 0 Å². The molecule has 3 aliphatic rings. The lowest BCUT2D eigenvalue weighted by Crippen LogP contribution is -2.47. The molecule has 1 N–H and O–H groups in total. The molecule has 0 unspecified atom stereocenters. The summed E-state index contributed by atoms with van der Waals surface area (Å²) in [4.78, 5) is 16.6. The fourth-order valence-electron chi connectivity index (χ4n) is 4.80. The highest BCUT2D eigenvalue weighted by atomic mass is 127. The van der Waals surface area contributed by atoms with Crippen LogP contribution in [0.25, 0.3) is 5.57 Å². The molecule has 2 aromatic carbocycles. The summed E-state index contributed by atoms with van der Waals surface area (Å²) in [5, 5.41) is 9.56. The minimum Gasteiger partial charge on any atom is -0.478 e. The van der Waals surface area contributed by atoms with Gasteiger partial charge in [0.2, 0.25) is 0 Å². The van der Waals surface area contributed by atoms with E-state index in [-0.39, 0.29) is 41.5 Å². The van der Waals surface area contributed by atoms with Crippen LogP contribution in [0.4, 0.5) is 34.6 Å². The second kappa shape index (κ2) is 8.72. The summed E-state index contributed by atoms with van der Waals surface area (Å²) in [6, 6.07) is 8.61. The molecule has 0 radical (unpaired) electrons. The third kappa shape index (κ3) is 4.36. The predicted molar refractivity (Wildman–Crippen MR) is 135 cm³/mol. The van der Waals surface area contributed by atoms with Crippen molar-refractivity contribution in [2.75, 3.05) is 40.9 Å². The fraction of sp³-hybridized carbons (Fsp3) is 0.320. The molecule has 2 aromatic rings. The van der Waals surface area contributed by atoms with Gasteiger partial charge in [0.05, 0.1) is 16.9 Å². The summed E-state index contributed by atoms with van der Waals surface area (Å²) in [5.74, 6) is -2.33. The Morgan fingerprint density at radius 2 is 1.63 bits per heavy atom. The molecule has 0 atom stereocenters. The molecule has 2 aliphatic heterocycles.